The molecule has 0 aliphatic heterocycles. The van der Waals surface area contributed by atoms with Crippen molar-refractivity contribution in [3.8, 4) is 11.8 Å². The van der Waals surface area contributed by atoms with Gasteiger partial charge in [0.05, 0.1) is 13.2 Å². The predicted octanol–water partition coefficient (Wildman–Crippen LogP) is 1.79. The summed E-state index contributed by atoms with van der Waals surface area (Å²) in [7, 11) is 1.51. The molecule has 1 atom stereocenters. The third-order valence-corrected chi connectivity index (χ3v) is 2.82. The van der Waals surface area contributed by atoms with Gasteiger partial charge in [-0.05, 0) is 17.9 Å². The van der Waals surface area contributed by atoms with Gasteiger partial charge in [-0.25, -0.2) is 0 Å². The average molecular weight is 224 g/mol. The molecule has 0 bridgehead atoms. The molecule has 1 N–H and O–H groups in total. The second-order valence-corrected chi connectivity index (χ2v) is 3.80. The van der Waals surface area contributed by atoms with E-state index in [1.165, 1.54) is 18.4 Å². The molecule has 0 spiro atoms. The van der Waals surface area contributed by atoms with E-state index in [2.05, 4.69) is 5.32 Å². The quantitative estimate of drug-likeness (QED) is 0.848. The number of ether oxygens (including phenoxy) is 1. The summed E-state index contributed by atoms with van der Waals surface area (Å²) in [5.41, 5.74) is 0. The maximum absolute atomic E-state index is 11.7. The van der Waals surface area contributed by atoms with Crippen molar-refractivity contribution in [3.05, 3.63) is 16.3 Å². The summed E-state index contributed by atoms with van der Waals surface area (Å²) in [4.78, 5) is 12.2. The van der Waals surface area contributed by atoms with Crippen LogP contribution in [0, 0.1) is 11.3 Å². The number of amides is 1. The van der Waals surface area contributed by atoms with Gasteiger partial charge in [-0.1, -0.05) is 6.92 Å². The van der Waals surface area contributed by atoms with Crippen molar-refractivity contribution in [2.24, 2.45) is 0 Å². The maximum atomic E-state index is 11.7. The molecule has 1 rings (SSSR count). The van der Waals surface area contributed by atoms with Crippen molar-refractivity contribution in [3.63, 3.8) is 0 Å². The molecule has 80 valence electrons. The Bertz CT molecular complexity index is 381. The van der Waals surface area contributed by atoms with Crippen LogP contribution in [0.15, 0.2) is 11.4 Å². The van der Waals surface area contributed by atoms with Crippen molar-refractivity contribution in [1.29, 1.82) is 5.26 Å². The van der Waals surface area contributed by atoms with Crippen LogP contribution in [-0.2, 0) is 0 Å². The van der Waals surface area contributed by atoms with Crippen LogP contribution in [0.25, 0.3) is 0 Å². The minimum absolute atomic E-state index is 0.254. The summed E-state index contributed by atoms with van der Waals surface area (Å²) in [6, 6.07) is 3.30. The molecule has 0 saturated heterocycles. The molecule has 0 fully saturated rings. The number of methoxy groups -OCH3 is 1. The van der Waals surface area contributed by atoms with Crippen LogP contribution in [-0.4, -0.2) is 19.1 Å². The third-order valence-electron chi connectivity index (χ3n) is 1.92. The van der Waals surface area contributed by atoms with Crippen molar-refractivity contribution in [2.75, 3.05) is 7.11 Å². The number of hydrogen-bond acceptors (Lipinski definition) is 4. The molecule has 1 aromatic heterocycles. The van der Waals surface area contributed by atoms with E-state index >= 15 is 0 Å². The zero-order valence-corrected chi connectivity index (χ0v) is 9.43. The molecule has 0 radical (unpaired) electrons. The number of carbonyl (C=O) groups excluding carboxylic acids is 1. The Hall–Kier alpha value is -1.54. The molecule has 0 unspecified atom stereocenters. The first kappa shape index (κ1) is 11.5. The van der Waals surface area contributed by atoms with Gasteiger partial charge in [0.2, 0.25) is 0 Å². The normalized spacial score (nSPS) is 11.5. The highest BCUT2D eigenvalue weighted by atomic mass is 32.1. The number of hydrogen-bond donors (Lipinski definition) is 1. The lowest BCUT2D eigenvalue weighted by atomic mass is 10.2. The van der Waals surface area contributed by atoms with E-state index in [-0.39, 0.29) is 5.91 Å². The highest BCUT2D eigenvalue weighted by molar-refractivity contribution is 7.12. The fraction of sp³-hybridized carbons (Fsp3) is 0.400. The first-order valence-corrected chi connectivity index (χ1v) is 5.42. The second kappa shape index (κ2) is 5.37. The Balaban J connectivity index is 2.73. The molecule has 0 aliphatic rings. The molecule has 4 nitrogen and oxygen atoms in total. The lowest BCUT2D eigenvalue weighted by Gasteiger charge is -2.08. The van der Waals surface area contributed by atoms with Gasteiger partial charge in [0.1, 0.15) is 16.7 Å². The van der Waals surface area contributed by atoms with Crippen LogP contribution >= 0.6 is 11.3 Å². The zero-order valence-electron chi connectivity index (χ0n) is 8.61. The second-order valence-electron chi connectivity index (χ2n) is 2.88. The number of thiophene rings is 1. The molecule has 0 saturated carbocycles. The fourth-order valence-electron chi connectivity index (χ4n) is 1.07. The summed E-state index contributed by atoms with van der Waals surface area (Å²) in [5.74, 6) is 0.292. The van der Waals surface area contributed by atoms with Crippen molar-refractivity contribution >= 4 is 17.2 Å². The maximum Gasteiger partial charge on any atom is 0.266 e. The van der Waals surface area contributed by atoms with E-state index in [0.29, 0.717) is 17.0 Å². The van der Waals surface area contributed by atoms with E-state index in [4.69, 9.17) is 10.00 Å². The van der Waals surface area contributed by atoms with Gasteiger partial charge < -0.3 is 10.1 Å². The number of nitrogens with zero attached hydrogens (tertiary/aromatic N) is 1. The molecule has 1 heterocycles. The smallest absolute Gasteiger partial charge is 0.266 e. The summed E-state index contributed by atoms with van der Waals surface area (Å²) in [6.07, 6.45) is 0.593. The molecular formula is C10H12N2O2S. The van der Waals surface area contributed by atoms with Crippen LogP contribution in [0.4, 0.5) is 0 Å². The van der Waals surface area contributed by atoms with E-state index in [0.717, 1.165) is 0 Å². The van der Waals surface area contributed by atoms with Crippen LogP contribution in [0.3, 0.4) is 0 Å². The van der Waals surface area contributed by atoms with Crippen molar-refractivity contribution in [2.45, 2.75) is 19.4 Å². The summed E-state index contributed by atoms with van der Waals surface area (Å²) < 4.78 is 5.02. The van der Waals surface area contributed by atoms with Crippen LogP contribution < -0.4 is 10.1 Å². The lowest BCUT2D eigenvalue weighted by Crippen LogP contribution is -2.32. The van der Waals surface area contributed by atoms with E-state index in [9.17, 15) is 4.79 Å². The molecular weight excluding hydrogens is 212 g/mol. The summed E-state index contributed by atoms with van der Waals surface area (Å²) in [5, 5.41) is 13.1. The topological polar surface area (TPSA) is 62.1 Å². The highest BCUT2D eigenvalue weighted by Crippen LogP contribution is 2.24. The molecule has 0 aliphatic carbocycles. The highest BCUT2D eigenvalue weighted by Gasteiger charge is 2.16. The van der Waals surface area contributed by atoms with Crippen molar-refractivity contribution < 1.29 is 9.53 Å². The molecule has 1 amide bonds. The van der Waals surface area contributed by atoms with Gasteiger partial charge in [-0.2, -0.15) is 5.26 Å². The SMILES string of the molecule is CC[C@H](C#N)NC(=O)c1sccc1OC. The number of nitriles is 1. The Morgan fingerprint density at radius 1 is 1.80 bits per heavy atom. The largest absolute Gasteiger partial charge is 0.495 e. The first-order chi connectivity index (χ1) is 7.22. The van der Waals surface area contributed by atoms with E-state index in [1.54, 1.807) is 11.4 Å². The first-order valence-electron chi connectivity index (χ1n) is 4.54. The lowest BCUT2D eigenvalue weighted by molar-refractivity contribution is 0.0946. The minimum atomic E-state index is -0.440. The number of nitrogens with one attached hydrogen (secondary N) is 1. The van der Waals surface area contributed by atoms with Gasteiger partial charge in [-0.3, -0.25) is 4.79 Å². The van der Waals surface area contributed by atoms with Crippen molar-refractivity contribution in [1.82, 2.24) is 5.32 Å². The monoisotopic (exact) mass is 224 g/mol. The van der Waals surface area contributed by atoms with Gasteiger partial charge in [0.15, 0.2) is 0 Å². The Labute approximate surface area is 92.5 Å². The molecule has 1 aromatic rings. The van der Waals surface area contributed by atoms with Gasteiger partial charge in [0.25, 0.3) is 5.91 Å². The molecule has 0 aromatic carbocycles. The van der Waals surface area contributed by atoms with Gasteiger partial charge in [-0.15, -0.1) is 11.3 Å². The van der Waals surface area contributed by atoms with Crippen LogP contribution in [0.5, 0.6) is 5.75 Å². The summed E-state index contributed by atoms with van der Waals surface area (Å²) >= 11 is 1.30. The Morgan fingerprint density at radius 3 is 3.07 bits per heavy atom. The standard InChI is InChI=1S/C10H12N2O2S/c1-3-7(6-11)12-10(13)9-8(14-2)4-5-15-9/h4-5,7H,3H2,1-2H3,(H,12,13)/t7-/m1/s1. The average Bonchev–Trinajstić information content (AvgIpc) is 2.73. The number of rotatable bonds is 4. The Morgan fingerprint density at radius 2 is 2.53 bits per heavy atom. The van der Waals surface area contributed by atoms with Gasteiger partial charge in [0, 0.05) is 0 Å². The minimum Gasteiger partial charge on any atom is -0.495 e. The van der Waals surface area contributed by atoms with Gasteiger partial charge >= 0.3 is 0 Å². The summed E-state index contributed by atoms with van der Waals surface area (Å²) in [6.45, 7) is 1.85. The molecule has 5 heteroatoms. The molecule has 15 heavy (non-hydrogen) atoms. The fourth-order valence-corrected chi connectivity index (χ4v) is 1.83. The van der Waals surface area contributed by atoms with Crippen LogP contribution in [0.2, 0.25) is 0 Å². The van der Waals surface area contributed by atoms with E-state index in [1.807, 2.05) is 13.0 Å². The predicted molar refractivity (Wildman–Crippen MR) is 58.0 cm³/mol. The van der Waals surface area contributed by atoms with E-state index < -0.39 is 6.04 Å². The number of carbonyl (C=O) groups is 1. The zero-order chi connectivity index (χ0) is 11.3. The Kier molecular flexibility index (Phi) is 4.13. The third kappa shape index (κ3) is 2.70. The van der Waals surface area contributed by atoms with Crippen LogP contribution in [0.1, 0.15) is 23.0 Å².